The molecule has 1 heterocycles. The van der Waals surface area contributed by atoms with Crippen molar-refractivity contribution in [2.24, 2.45) is 0 Å². The zero-order chi connectivity index (χ0) is 18.0. The van der Waals surface area contributed by atoms with Crippen molar-refractivity contribution in [3.05, 3.63) is 66.2 Å². The van der Waals surface area contributed by atoms with E-state index in [1.807, 2.05) is 24.6 Å². The largest absolute Gasteiger partial charge is 0.494 e. The first kappa shape index (κ1) is 17.0. The predicted molar refractivity (Wildman–Crippen MR) is 96.8 cm³/mol. The van der Waals surface area contributed by atoms with Crippen molar-refractivity contribution in [3.63, 3.8) is 0 Å². The molecule has 2 aromatic carbocycles. The lowest BCUT2D eigenvalue weighted by Gasteiger charge is -2.13. The van der Waals surface area contributed by atoms with Gasteiger partial charge < -0.3 is 9.30 Å². The van der Waals surface area contributed by atoms with E-state index in [2.05, 4.69) is 9.71 Å². The zero-order valence-electron chi connectivity index (χ0n) is 14.2. The fourth-order valence-corrected chi connectivity index (χ4v) is 3.49. The lowest BCUT2D eigenvalue weighted by atomic mass is 10.2. The summed E-state index contributed by atoms with van der Waals surface area (Å²) in [6.07, 6.45) is 3.55. The summed E-state index contributed by atoms with van der Waals surface area (Å²) in [5, 5.41) is 0. The van der Waals surface area contributed by atoms with Crippen LogP contribution < -0.4 is 9.46 Å². The number of benzene rings is 2. The minimum Gasteiger partial charge on any atom is -0.494 e. The van der Waals surface area contributed by atoms with Crippen molar-refractivity contribution >= 4 is 15.7 Å². The van der Waals surface area contributed by atoms with E-state index in [0.29, 0.717) is 11.4 Å². The lowest BCUT2D eigenvalue weighted by molar-refractivity contribution is 0.413. The third-order valence-electron chi connectivity index (χ3n) is 3.75. The molecule has 7 heteroatoms. The molecule has 0 aliphatic rings. The average Bonchev–Trinajstić information content (AvgIpc) is 3.01. The van der Waals surface area contributed by atoms with E-state index in [4.69, 9.17) is 4.74 Å². The summed E-state index contributed by atoms with van der Waals surface area (Å²) < 4.78 is 34.8. The van der Waals surface area contributed by atoms with Gasteiger partial charge in [0, 0.05) is 12.3 Å². The van der Waals surface area contributed by atoms with Crippen molar-refractivity contribution in [1.29, 1.82) is 0 Å². The fourth-order valence-electron chi connectivity index (χ4n) is 2.44. The predicted octanol–water partition coefficient (Wildman–Crippen LogP) is 3.30. The summed E-state index contributed by atoms with van der Waals surface area (Å²) in [4.78, 5) is 4.41. The summed E-state index contributed by atoms with van der Waals surface area (Å²) in [6, 6.07) is 11.8. The Hall–Kier alpha value is -2.80. The van der Waals surface area contributed by atoms with Crippen LogP contribution in [0.4, 0.5) is 5.69 Å². The van der Waals surface area contributed by atoms with E-state index in [1.54, 1.807) is 55.9 Å². The monoisotopic (exact) mass is 357 g/mol. The van der Waals surface area contributed by atoms with Gasteiger partial charge in [0.2, 0.25) is 0 Å². The number of aryl methyl sites for hydroxylation is 2. The number of hydrogen-bond acceptors (Lipinski definition) is 4. The van der Waals surface area contributed by atoms with E-state index in [0.717, 1.165) is 16.9 Å². The van der Waals surface area contributed by atoms with Crippen LogP contribution in [0.2, 0.25) is 0 Å². The smallest absolute Gasteiger partial charge is 0.261 e. The highest BCUT2D eigenvalue weighted by atomic mass is 32.2. The number of aromatic nitrogens is 2. The summed E-state index contributed by atoms with van der Waals surface area (Å²) >= 11 is 0. The Bertz CT molecular complexity index is 993. The number of imidazole rings is 1. The van der Waals surface area contributed by atoms with Crippen LogP contribution in [-0.4, -0.2) is 25.1 Å². The van der Waals surface area contributed by atoms with Crippen LogP contribution in [0.3, 0.4) is 0 Å². The average molecular weight is 357 g/mol. The zero-order valence-corrected chi connectivity index (χ0v) is 15.0. The topological polar surface area (TPSA) is 73.2 Å². The normalized spacial score (nSPS) is 11.3. The third kappa shape index (κ3) is 3.66. The summed E-state index contributed by atoms with van der Waals surface area (Å²) in [7, 11) is -2.11. The SMILES string of the molecule is COc1cc(NS(=O)(=O)c2ccc(C)cc2)ccc1-n1cnc(C)c1. The van der Waals surface area contributed by atoms with Gasteiger partial charge in [0.1, 0.15) is 5.75 Å². The van der Waals surface area contributed by atoms with E-state index in [-0.39, 0.29) is 4.90 Å². The Kier molecular flexibility index (Phi) is 4.50. The molecule has 3 aromatic rings. The highest BCUT2D eigenvalue weighted by Crippen LogP contribution is 2.28. The molecule has 1 aromatic heterocycles. The molecule has 0 amide bonds. The fraction of sp³-hybridized carbons (Fsp3) is 0.167. The molecule has 130 valence electrons. The quantitative estimate of drug-likeness (QED) is 0.760. The Balaban J connectivity index is 1.92. The molecule has 0 unspecified atom stereocenters. The summed E-state index contributed by atoms with van der Waals surface area (Å²) in [5.74, 6) is 0.543. The first-order valence-corrected chi connectivity index (χ1v) is 9.16. The maximum Gasteiger partial charge on any atom is 0.261 e. The molecule has 1 N–H and O–H groups in total. The molecule has 6 nitrogen and oxygen atoms in total. The number of methoxy groups -OCH3 is 1. The van der Waals surface area contributed by atoms with Gasteiger partial charge in [-0.3, -0.25) is 4.72 Å². The van der Waals surface area contributed by atoms with Gasteiger partial charge in [-0.15, -0.1) is 0 Å². The number of sulfonamides is 1. The molecule has 0 aliphatic carbocycles. The number of rotatable bonds is 5. The molecule has 0 radical (unpaired) electrons. The second kappa shape index (κ2) is 6.60. The minimum absolute atomic E-state index is 0.214. The molecular weight excluding hydrogens is 338 g/mol. The number of nitrogens with zero attached hydrogens (tertiary/aromatic N) is 2. The standard InChI is InChI=1S/C18H19N3O3S/c1-13-4-7-16(8-5-13)25(22,23)20-15-6-9-17(18(10-15)24-3)21-11-14(2)19-12-21/h4-12,20H,1-3H3. The third-order valence-corrected chi connectivity index (χ3v) is 5.15. The molecule has 0 bridgehead atoms. The van der Waals surface area contributed by atoms with E-state index >= 15 is 0 Å². The second-order valence-electron chi connectivity index (χ2n) is 5.73. The van der Waals surface area contributed by atoms with Crippen LogP contribution in [-0.2, 0) is 10.0 Å². The van der Waals surface area contributed by atoms with Crippen LogP contribution in [0.25, 0.3) is 5.69 Å². The molecule has 0 atom stereocenters. The molecule has 0 aliphatic heterocycles. The van der Waals surface area contributed by atoms with Gasteiger partial charge in [-0.1, -0.05) is 17.7 Å². The molecule has 0 fully saturated rings. The second-order valence-corrected chi connectivity index (χ2v) is 7.41. The van der Waals surface area contributed by atoms with Crippen molar-refractivity contribution in [3.8, 4) is 11.4 Å². The Morgan fingerprint density at radius 2 is 1.80 bits per heavy atom. The van der Waals surface area contributed by atoms with Gasteiger partial charge in [-0.05, 0) is 38.1 Å². The van der Waals surface area contributed by atoms with Crippen molar-refractivity contribution in [2.45, 2.75) is 18.7 Å². The van der Waals surface area contributed by atoms with Gasteiger partial charge in [0.15, 0.2) is 0 Å². The van der Waals surface area contributed by atoms with Gasteiger partial charge in [0.05, 0.1) is 35.4 Å². The maximum absolute atomic E-state index is 12.5. The molecular formula is C18H19N3O3S. The van der Waals surface area contributed by atoms with E-state index in [9.17, 15) is 8.42 Å². The number of hydrogen-bond donors (Lipinski definition) is 1. The first-order chi connectivity index (χ1) is 11.9. The number of nitrogens with one attached hydrogen (secondary N) is 1. The Morgan fingerprint density at radius 3 is 2.40 bits per heavy atom. The van der Waals surface area contributed by atoms with Gasteiger partial charge >= 0.3 is 0 Å². The van der Waals surface area contributed by atoms with Crippen molar-refractivity contribution in [1.82, 2.24) is 9.55 Å². The van der Waals surface area contributed by atoms with Crippen LogP contribution in [0.1, 0.15) is 11.3 Å². The van der Waals surface area contributed by atoms with Gasteiger partial charge in [-0.25, -0.2) is 13.4 Å². The first-order valence-electron chi connectivity index (χ1n) is 7.67. The molecule has 0 saturated carbocycles. The Morgan fingerprint density at radius 1 is 1.08 bits per heavy atom. The van der Waals surface area contributed by atoms with Gasteiger partial charge in [-0.2, -0.15) is 0 Å². The highest BCUT2D eigenvalue weighted by Gasteiger charge is 2.15. The van der Waals surface area contributed by atoms with Crippen molar-refractivity contribution in [2.75, 3.05) is 11.8 Å². The van der Waals surface area contributed by atoms with Crippen LogP contribution in [0, 0.1) is 13.8 Å². The highest BCUT2D eigenvalue weighted by molar-refractivity contribution is 7.92. The van der Waals surface area contributed by atoms with Crippen LogP contribution in [0.5, 0.6) is 5.75 Å². The number of ether oxygens (including phenoxy) is 1. The molecule has 0 spiro atoms. The molecule has 25 heavy (non-hydrogen) atoms. The maximum atomic E-state index is 12.5. The molecule has 0 saturated heterocycles. The van der Waals surface area contributed by atoms with Crippen molar-refractivity contribution < 1.29 is 13.2 Å². The van der Waals surface area contributed by atoms with E-state index < -0.39 is 10.0 Å². The van der Waals surface area contributed by atoms with Gasteiger partial charge in [0.25, 0.3) is 10.0 Å². The summed E-state index contributed by atoms with van der Waals surface area (Å²) in [5.41, 5.74) is 3.09. The number of anilines is 1. The minimum atomic E-state index is -3.65. The Labute approximate surface area is 147 Å². The van der Waals surface area contributed by atoms with Crippen LogP contribution >= 0.6 is 0 Å². The molecule has 3 rings (SSSR count). The summed E-state index contributed by atoms with van der Waals surface area (Å²) in [6.45, 7) is 3.80. The van der Waals surface area contributed by atoms with E-state index in [1.165, 1.54) is 0 Å². The lowest BCUT2D eigenvalue weighted by Crippen LogP contribution is -2.13. The van der Waals surface area contributed by atoms with Crippen LogP contribution in [0.15, 0.2) is 59.9 Å².